The van der Waals surface area contributed by atoms with Crippen LogP contribution in [0, 0.1) is 13.8 Å². The molecule has 35 heavy (non-hydrogen) atoms. The second kappa shape index (κ2) is 8.87. The number of benzene rings is 2. The predicted molar refractivity (Wildman–Crippen MR) is 134 cm³/mol. The first kappa shape index (κ1) is 22.0. The van der Waals surface area contributed by atoms with E-state index in [4.69, 9.17) is 0 Å². The summed E-state index contributed by atoms with van der Waals surface area (Å²) in [5.74, 6) is -1.42. The molecule has 0 spiro atoms. The SMILES string of the molecule is Cc1cc(/C=C2/C(=O)NC(=O)N(c3cccnc3)C2=O)c(C)n1-c1ccc(-c2ccccc2)cc1. The van der Waals surface area contributed by atoms with Crippen LogP contribution in [0.5, 0.6) is 0 Å². The van der Waals surface area contributed by atoms with Crippen LogP contribution in [0.4, 0.5) is 10.5 Å². The monoisotopic (exact) mass is 462 g/mol. The van der Waals surface area contributed by atoms with Gasteiger partial charge in [0.25, 0.3) is 11.8 Å². The molecule has 172 valence electrons. The van der Waals surface area contributed by atoms with Crippen molar-refractivity contribution in [3.05, 3.63) is 108 Å². The fourth-order valence-electron chi connectivity index (χ4n) is 4.30. The average Bonchev–Trinajstić information content (AvgIpc) is 3.15. The maximum atomic E-state index is 13.1. The van der Waals surface area contributed by atoms with Gasteiger partial charge < -0.3 is 4.57 Å². The van der Waals surface area contributed by atoms with Gasteiger partial charge in [-0.15, -0.1) is 0 Å². The van der Waals surface area contributed by atoms with Crippen molar-refractivity contribution in [2.24, 2.45) is 0 Å². The molecule has 1 aliphatic heterocycles. The Morgan fingerprint density at radius 2 is 1.54 bits per heavy atom. The molecular formula is C28H22N4O3. The van der Waals surface area contributed by atoms with Crippen LogP contribution in [0.3, 0.4) is 0 Å². The Labute approximate surface area is 202 Å². The number of imide groups is 2. The molecule has 7 nitrogen and oxygen atoms in total. The number of pyridine rings is 1. The van der Waals surface area contributed by atoms with Gasteiger partial charge in [0.05, 0.1) is 11.9 Å². The Morgan fingerprint density at radius 3 is 2.23 bits per heavy atom. The first-order valence-electron chi connectivity index (χ1n) is 11.1. The summed E-state index contributed by atoms with van der Waals surface area (Å²) in [6.07, 6.45) is 4.47. The molecule has 0 radical (unpaired) electrons. The summed E-state index contributed by atoms with van der Waals surface area (Å²) in [7, 11) is 0. The number of hydrogen-bond donors (Lipinski definition) is 1. The number of aryl methyl sites for hydroxylation is 1. The third-order valence-corrected chi connectivity index (χ3v) is 6.01. The molecule has 2 aromatic carbocycles. The number of carbonyl (C=O) groups excluding carboxylic acids is 3. The molecule has 1 aliphatic rings. The minimum absolute atomic E-state index is 0.117. The lowest BCUT2D eigenvalue weighted by atomic mass is 10.1. The molecule has 4 aromatic rings. The molecule has 5 rings (SSSR count). The van der Waals surface area contributed by atoms with E-state index in [-0.39, 0.29) is 11.3 Å². The predicted octanol–water partition coefficient (Wildman–Crippen LogP) is 4.82. The Balaban J connectivity index is 1.50. The van der Waals surface area contributed by atoms with Gasteiger partial charge in [-0.25, -0.2) is 9.69 Å². The van der Waals surface area contributed by atoms with Crippen molar-refractivity contribution in [1.82, 2.24) is 14.9 Å². The summed E-state index contributed by atoms with van der Waals surface area (Å²) in [5, 5.41) is 2.25. The minimum atomic E-state index is -0.797. The first-order chi connectivity index (χ1) is 16.9. The van der Waals surface area contributed by atoms with Crippen LogP contribution in [0.2, 0.25) is 0 Å². The van der Waals surface area contributed by atoms with E-state index in [0.29, 0.717) is 5.56 Å². The van der Waals surface area contributed by atoms with E-state index in [1.807, 2.05) is 50.2 Å². The van der Waals surface area contributed by atoms with E-state index >= 15 is 0 Å². The van der Waals surface area contributed by atoms with E-state index in [9.17, 15) is 14.4 Å². The highest BCUT2D eigenvalue weighted by molar-refractivity contribution is 6.39. The van der Waals surface area contributed by atoms with Crippen molar-refractivity contribution in [1.29, 1.82) is 0 Å². The van der Waals surface area contributed by atoms with E-state index in [0.717, 1.165) is 33.1 Å². The number of nitrogens with one attached hydrogen (secondary N) is 1. The summed E-state index contributed by atoms with van der Waals surface area (Å²) in [6, 6.07) is 22.7. The molecule has 3 heterocycles. The molecule has 1 N–H and O–H groups in total. The molecule has 0 atom stereocenters. The molecule has 1 saturated heterocycles. The molecule has 0 aliphatic carbocycles. The average molecular weight is 463 g/mol. The van der Waals surface area contributed by atoms with Gasteiger partial charge in [0.15, 0.2) is 0 Å². The largest absolute Gasteiger partial charge is 0.336 e. The topological polar surface area (TPSA) is 84.3 Å². The lowest BCUT2D eigenvalue weighted by Crippen LogP contribution is -2.54. The molecule has 2 aromatic heterocycles. The molecule has 1 fully saturated rings. The third-order valence-electron chi connectivity index (χ3n) is 6.01. The van der Waals surface area contributed by atoms with E-state index < -0.39 is 17.8 Å². The second-order valence-corrected chi connectivity index (χ2v) is 8.24. The minimum Gasteiger partial charge on any atom is -0.318 e. The Kier molecular flexibility index (Phi) is 5.58. The van der Waals surface area contributed by atoms with Gasteiger partial charge >= 0.3 is 6.03 Å². The van der Waals surface area contributed by atoms with Crippen LogP contribution in [-0.4, -0.2) is 27.4 Å². The van der Waals surface area contributed by atoms with Gasteiger partial charge in [-0.1, -0.05) is 42.5 Å². The highest BCUT2D eigenvalue weighted by Crippen LogP contribution is 2.27. The number of amides is 4. The zero-order valence-corrected chi connectivity index (χ0v) is 19.2. The van der Waals surface area contributed by atoms with E-state index in [2.05, 4.69) is 39.1 Å². The molecule has 0 saturated carbocycles. The quantitative estimate of drug-likeness (QED) is 0.348. The van der Waals surface area contributed by atoms with Crippen LogP contribution in [0.15, 0.2) is 90.8 Å². The smallest absolute Gasteiger partial charge is 0.318 e. The van der Waals surface area contributed by atoms with Gasteiger partial charge in [-0.05, 0) is 66.9 Å². The number of nitrogens with zero attached hydrogens (tertiary/aromatic N) is 3. The van der Waals surface area contributed by atoms with Crippen molar-refractivity contribution in [2.75, 3.05) is 4.90 Å². The maximum Gasteiger partial charge on any atom is 0.336 e. The maximum absolute atomic E-state index is 13.1. The number of barbiturate groups is 1. The van der Waals surface area contributed by atoms with Gasteiger partial charge in [-0.2, -0.15) is 0 Å². The summed E-state index contributed by atoms with van der Waals surface area (Å²) < 4.78 is 2.07. The van der Waals surface area contributed by atoms with Crippen LogP contribution < -0.4 is 10.2 Å². The number of rotatable bonds is 4. The van der Waals surface area contributed by atoms with E-state index in [1.165, 1.54) is 12.3 Å². The standard InChI is InChI=1S/C28H22N4O3/c1-18-15-22(16-25-26(33)30-28(35)32(27(25)34)24-9-6-14-29-17-24)19(2)31(18)23-12-10-21(11-13-23)20-7-4-3-5-8-20/h3-17H,1-2H3,(H,30,33,35)/b25-16-. The van der Waals surface area contributed by atoms with Crippen LogP contribution in [-0.2, 0) is 9.59 Å². The van der Waals surface area contributed by atoms with Gasteiger partial charge in [-0.3, -0.25) is 19.9 Å². The fourth-order valence-corrected chi connectivity index (χ4v) is 4.30. The van der Waals surface area contributed by atoms with Crippen molar-refractivity contribution in [2.45, 2.75) is 13.8 Å². The Hall–Kier alpha value is -4.78. The summed E-state index contributed by atoms with van der Waals surface area (Å²) in [6.45, 7) is 3.90. The van der Waals surface area contributed by atoms with Gasteiger partial charge in [0, 0.05) is 23.3 Å². The molecule has 4 amide bonds. The number of anilines is 1. The lowest BCUT2D eigenvalue weighted by Gasteiger charge is -2.26. The summed E-state index contributed by atoms with van der Waals surface area (Å²) >= 11 is 0. The fraction of sp³-hybridized carbons (Fsp3) is 0.0714. The zero-order chi connectivity index (χ0) is 24.5. The third kappa shape index (κ3) is 4.04. The van der Waals surface area contributed by atoms with Crippen LogP contribution in [0.25, 0.3) is 22.9 Å². The number of aromatic nitrogens is 2. The highest BCUT2D eigenvalue weighted by Gasteiger charge is 2.37. The number of carbonyl (C=O) groups is 3. The molecular weight excluding hydrogens is 440 g/mol. The number of urea groups is 1. The second-order valence-electron chi connectivity index (χ2n) is 8.24. The van der Waals surface area contributed by atoms with Crippen molar-refractivity contribution in [3.8, 4) is 16.8 Å². The first-order valence-corrected chi connectivity index (χ1v) is 11.1. The molecule has 7 heteroatoms. The van der Waals surface area contributed by atoms with Crippen molar-refractivity contribution >= 4 is 29.6 Å². The lowest BCUT2D eigenvalue weighted by molar-refractivity contribution is -0.122. The van der Waals surface area contributed by atoms with E-state index in [1.54, 1.807) is 18.3 Å². The van der Waals surface area contributed by atoms with Gasteiger partial charge in [0.1, 0.15) is 5.57 Å². The summed E-state index contributed by atoms with van der Waals surface area (Å²) in [4.78, 5) is 43.0. The van der Waals surface area contributed by atoms with Crippen molar-refractivity contribution < 1.29 is 14.4 Å². The van der Waals surface area contributed by atoms with Crippen LogP contribution in [0.1, 0.15) is 17.0 Å². The molecule has 0 unspecified atom stereocenters. The van der Waals surface area contributed by atoms with Crippen molar-refractivity contribution in [3.63, 3.8) is 0 Å². The van der Waals surface area contributed by atoms with Crippen LogP contribution >= 0.6 is 0 Å². The number of hydrogen-bond acceptors (Lipinski definition) is 4. The normalized spacial score (nSPS) is 15.0. The molecule has 0 bridgehead atoms. The highest BCUT2D eigenvalue weighted by atomic mass is 16.2. The summed E-state index contributed by atoms with van der Waals surface area (Å²) in [5.41, 5.74) is 5.93. The van der Waals surface area contributed by atoms with Gasteiger partial charge in [0.2, 0.25) is 0 Å². The zero-order valence-electron chi connectivity index (χ0n) is 19.2. The Bertz CT molecular complexity index is 1470. The Morgan fingerprint density at radius 1 is 0.829 bits per heavy atom.